The summed E-state index contributed by atoms with van der Waals surface area (Å²) in [5.74, 6) is 0.697. The normalized spacial score (nSPS) is 29.6. The molecule has 1 saturated carbocycles. The molecule has 0 saturated heterocycles. The second-order valence-corrected chi connectivity index (χ2v) is 5.74. The zero-order chi connectivity index (χ0) is 10.8. The largest absolute Gasteiger partial charge is 0.393 e. The van der Waals surface area contributed by atoms with E-state index in [1.807, 2.05) is 0 Å². The highest BCUT2D eigenvalue weighted by Crippen LogP contribution is 2.26. The average Bonchev–Trinajstić information content (AvgIpc) is 2.02. The van der Waals surface area contributed by atoms with E-state index in [0.29, 0.717) is 5.92 Å². The lowest BCUT2D eigenvalue weighted by Gasteiger charge is -2.36. The molecule has 2 nitrogen and oxygen atoms in total. The van der Waals surface area contributed by atoms with Gasteiger partial charge in [0, 0.05) is 12.1 Å². The Balaban J connectivity index is 2.36. The molecule has 1 fully saturated rings. The Hall–Kier alpha value is -0.0800. The van der Waals surface area contributed by atoms with Gasteiger partial charge in [0.2, 0.25) is 0 Å². The molecule has 0 amide bonds. The van der Waals surface area contributed by atoms with Crippen molar-refractivity contribution in [1.29, 1.82) is 0 Å². The molecule has 0 heterocycles. The summed E-state index contributed by atoms with van der Waals surface area (Å²) in [7, 11) is 2.18. The molecular weight excluding hydrogens is 174 g/mol. The summed E-state index contributed by atoms with van der Waals surface area (Å²) in [6.45, 7) is 7.85. The molecule has 1 aliphatic rings. The van der Waals surface area contributed by atoms with E-state index in [9.17, 15) is 5.11 Å². The van der Waals surface area contributed by atoms with Crippen LogP contribution in [0, 0.1) is 5.92 Å². The van der Waals surface area contributed by atoms with E-state index in [0.717, 1.165) is 19.4 Å². The second-order valence-electron chi connectivity index (χ2n) is 5.74. The molecule has 0 aliphatic heterocycles. The summed E-state index contributed by atoms with van der Waals surface area (Å²) >= 11 is 0. The monoisotopic (exact) mass is 199 g/mol. The minimum atomic E-state index is -0.0397. The van der Waals surface area contributed by atoms with Gasteiger partial charge in [0.1, 0.15) is 0 Å². The van der Waals surface area contributed by atoms with Crippen molar-refractivity contribution in [1.82, 2.24) is 4.90 Å². The predicted octanol–water partition coefficient (Wildman–Crippen LogP) is 2.27. The highest BCUT2D eigenvalue weighted by molar-refractivity contribution is 4.79. The van der Waals surface area contributed by atoms with Crippen LogP contribution in [0.15, 0.2) is 0 Å². The number of hydrogen-bond acceptors (Lipinski definition) is 2. The average molecular weight is 199 g/mol. The molecule has 0 radical (unpaired) electrons. The first-order valence-electron chi connectivity index (χ1n) is 5.79. The zero-order valence-electron chi connectivity index (χ0n) is 10.1. The molecule has 1 N–H and O–H groups in total. The summed E-state index contributed by atoms with van der Waals surface area (Å²) in [6.07, 6.45) is 4.46. The smallest absolute Gasteiger partial charge is 0.0543 e. The van der Waals surface area contributed by atoms with Crippen LogP contribution in [-0.2, 0) is 0 Å². The van der Waals surface area contributed by atoms with Crippen LogP contribution < -0.4 is 0 Å². The van der Waals surface area contributed by atoms with Crippen molar-refractivity contribution in [3.05, 3.63) is 0 Å². The van der Waals surface area contributed by atoms with Gasteiger partial charge in [-0.25, -0.2) is 0 Å². The fourth-order valence-electron chi connectivity index (χ4n) is 2.09. The number of aliphatic hydroxyl groups is 1. The van der Waals surface area contributed by atoms with Crippen LogP contribution >= 0.6 is 0 Å². The molecule has 0 bridgehead atoms. The second kappa shape index (κ2) is 4.63. The highest BCUT2D eigenvalue weighted by atomic mass is 16.3. The van der Waals surface area contributed by atoms with E-state index in [1.165, 1.54) is 12.8 Å². The Morgan fingerprint density at radius 3 is 2.43 bits per heavy atom. The Morgan fingerprint density at radius 1 is 1.29 bits per heavy atom. The lowest BCUT2D eigenvalue weighted by molar-refractivity contribution is 0.0693. The number of rotatable bonds is 2. The predicted molar refractivity (Wildman–Crippen MR) is 60.3 cm³/mol. The third-order valence-corrected chi connectivity index (χ3v) is 3.43. The molecule has 0 aromatic carbocycles. The zero-order valence-corrected chi connectivity index (χ0v) is 10.1. The Labute approximate surface area is 88.3 Å². The minimum Gasteiger partial charge on any atom is -0.393 e. The van der Waals surface area contributed by atoms with Crippen molar-refractivity contribution in [3.8, 4) is 0 Å². The van der Waals surface area contributed by atoms with Gasteiger partial charge >= 0.3 is 0 Å². The molecular formula is C12H25NO. The third kappa shape index (κ3) is 3.58. The summed E-state index contributed by atoms with van der Waals surface area (Å²) < 4.78 is 0. The molecule has 2 atom stereocenters. The van der Waals surface area contributed by atoms with Crippen molar-refractivity contribution in [3.63, 3.8) is 0 Å². The van der Waals surface area contributed by atoms with Gasteiger partial charge in [0.15, 0.2) is 0 Å². The maximum absolute atomic E-state index is 9.58. The van der Waals surface area contributed by atoms with E-state index in [4.69, 9.17) is 0 Å². The quantitative estimate of drug-likeness (QED) is 0.737. The lowest BCUT2D eigenvalue weighted by atomic mass is 9.86. The van der Waals surface area contributed by atoms with Crippen LogP contribution in [0.3, 0.4) is 0 Å². The first-order chi connectivity index (χ1) is 6.39. The number of hydrogen-bond donors (Lipinski definition) is 1. The molecule has 2 unspecified atom stereocenters. The van der Waals surface area contributed by atoms with Crippen molar-refractivity contribution < 1.29 is 5.11 Å². The van der Waals surface area contributed by atoms with Gasteiger partial charge in [0.25, 0.3) is 0 Å². The van der Waals surface area contributed by atoms with Crippen LogP contribution in [0.2, 0.25) is 0 Å². The fourth-order valence-corrected chi connectivity index (χ4v) is 2.09. The van der Waals surface area contributed by atoms with Gasteiger partial charge in [-0.1, -0.05) is 6.42 Å². The van der Waals surface area contributed by atoms with E-state index in [2.05, 4.69) is 32.7 Å². The maximum atomic E-state index is 9.58. The molecule has 0 aromatic rings. The first-order valence-corrected chi connectivity index (χ1v) is 5.79. The van der Waals surface area contributed by atoms with E-state index >= 15 is 0 Å². The van der Waals surface area contributed by atoms with Gasteiger partial charge in [-0.2, -0.15) is 0 Å². The Morgan fingerprint density at radius 2 is 1.93 bits per heavy atom. The fraction of sp³-hybridized carbons (Fsp3) is 1.00. The number of aliphatic hydroxyl groups excluding tert-OH is 1. The Bertz CT molecular complexity index is 174. The first kappa shape index (κ1) is 12.0. The molecule has 84 valence electrons. The van der Waals surface area contributed by atoms with E-state index in [1.54, 1.807) is 0 Å². The SMILES string of the molecule is CN(CC1CCCC(O)C1)C(C)(C)C. The van der Waals surface area contributed by atoms with Gasteiger partial charge in [-0.05, 0) is 53.0 Å². The van der Waals surface area contributed by atoms with Crippen LogP contribution in [0.4, 0.5) is 0 Å². The van der Waals surface area contributed by atoms with Crippen molar-refractivity contribution in [2.24, 2.45) is 5.92 Å². The topological polar surface area (TPSA) is 23.5 Å². The molecule has 14 heavy (non-hydrogen) atoms. The lowest BCUT2D eigenvalue weighted by Crippen LogP contribution is -2.42. The van der Waals surface area contributed by atoms with Gasteiger partial charge < -0.3 is 10.0 Å². The molecule has 0 aromatic heterocycles. The standard InChI is InChI=1S/C12H25NO/c1-12(2,3)13(4)9-10-6-5-7-11(14)8-10/h10-11,14H,5-9H2,1-4H3. The van der Waals surface area contributed by atoms with Crippen LogP contribution in [0.1, 0.15) is 46.5 Å². The van der Waals surface area contributed by atoms with Crippen molar-refractivity contribution in [2.45, 2.75) is 58.1 Å². The summed E-state index contributed by atoms with van der Waals surface area (Å²) in [5.41, 5.74) is 0.252. The minimum absolute atomic E-state index is 0.0397. The van der Waals surface area contributed by atoms with Crippen LogP contribution in [-0.4, -0.2) is 35.2 Å². The molecule has 1 aliphatic carbocycles. The van der Waals surface area contributed by atoms with Gasteiger partial charge in [0.05, 0.1) is 6.10 Å². The summed E-state index contributed by atoms with van der Waals surface area (Å²) in [5, 5.41) is 9.58. The van der Waals surface area contributed by atoms with Crippen molar-refractivity contribution >= 4 is 0 Å². The van der Waals surface area contributed by atoms with Crippen LogP contribution in [0.25, 0.3) is 0 Å². The summed E-state index contributed by atoms with van der Waals surface area (Å²) in [6, 6.07) is 0. The van der Waals surface area contributed by atoms with E-state index < -0.39 is 0 Å². The third-order valence-electron chi connectivity index (χ3n) is 3.43. The van der Waals surface area contributed by atoms with Gasteiger partial charge in [-0.15, -0.1) is 0 Å². The van der Waals surface area contributed by atoms with Gasteiger partial charge in [-0.3, -0.25) is 0 Å². The summed E-state index contributed by atoms with van der Waals surface area (Å²) in [4.78, 5) is 2.40. The number of nitrogens with zero attached hydrogens (tertiary/aromatic N) is 1. The molecule has 0 spiro atoms. The van der Waals surface area contributed by atoms with Crippen molar-refractivity contribution in [2.75, 3.05) is 13.6 Å². The van der Waals surface area contributed by atoms with Crippen LogP contribution in [0.5, 0.6) is 0 Å². The molecule has 1 rings (SSSR count). The Kier molecular flexibility index (Phi) is 3.96. The highest BCUT2D eigenvalue weighted by Gasteiger charge is 2.25. The van der Waals surface area contributed by atoms with E-state index in [-0.39, 0.29) is 11.6 Å². The molecule has 2 heteroatoms. The maximum Gasteiger partial charge on any atom is 0.0543 e.